The SMILES string of the molecule is CC(C)CNCc1ccncc1-n1cnc2c1CCCC2. The maximum atomic E-state index is 4.60. The molecule has 2 heterocycles. The van der Waals surface area contributed by atoms with Crippen LogP contribution in [0.1, 0.15) is 43.6 Å². The van der Waals surface area contributed by atoms with Gasteiger partial charge in [0.15, 0.2) is 0 Å². The molecule has 0 amide bonds. The van der Waals surface area contributed by atoms with E-state index in [9.17, 15) is 0 Å². The van der Waals surface area contributed by atoms with Crippen molar-refractivity contribution in [1.29, 1.82) is 0 Å². The van der Waals surface area contributed by atoms with Gasteiger partial charge < -0.3 is 9.88 Å². The summed E-state index contributed by atoms with van der Waals surface area (Å²) in [4.78, 5) is 8.91. The van der Waals surface area contributed by atoms with E-state index in [4.69, 9.17) is 0 Å². The molecule has 0 aliphatic heterocycles. The standard InChI is InChI=1S/C17H24N4/c1-13(2)9-19-10-14-7-8-18-11-17(14)21-12-20-15-5-3-4-6-16(15)21/h7-8,11-13,19H,3-6,9-10H2,1-2H3. The number of aryl methyl sites for hydroxylation is 1. The average Bonchev–Trinajstić information content (AvgIpc) is 2.91. The molecule has 0 saturated carbocycles. The lowest BCUT2D eigenvalue weighted by atomic mass is 10.0. The topological polar surface area (TPSA) is 42.7 Å². The summed E-state index contributed by atoms with van der Waals surface area (Å²) < 4.78 is 2.24. The molecule has 0 aromatic carbocycles. The predicted molar refractivity (Wildman–Crippen MR) is 84.5 cm³/mol. The molecule has 0 unspecified atom stereocenters. The van der Waals surface area contributed by atoms with Crippen molar-refractivity contribution < 1.29 is 0 Å². The maximum Gasteiger partial charge on any atom is 0.0998 e. The van der Waals surface area contributed by atoms with Gasteiger partial charge in [-0.25, -0.2) is 4.98 Å². The van der Waals surface area contributed by atoms with Crippen LogP contribution in [0.4, 0.5) is 0 Å². The molecule has 112 valence electrons. The third kappa shape index (κ3) is 3.16. The van der Waals surface area contributed by atoms with Crippen LogP contribution in [-0.4, -0.2) is 21.1 Å². The Balaban J connectivity index is 1.86. The Labute approximate surface area is 126 Å². The Bertz CT molecular complexity index is 601. The zero-order chi connectivity index (χ0) is 14.7. The van der Waals surface area contributed by atoms with Gasteiger partial charge in [-0.05, 0) is 49.8 Å². The number of imidazole rings is 1. The molecule has 4 nitrogen and oxygen atoms in total. The summed E-state index contributed by atoms with van der Waals surface area (Å²) in [7, 11) is 0. The van der Waals surface area contributed by atoms with Crippen LogP contribution in [-0.2, 0) is 19.4 Å². The normalized spacial score (nSPS) is 14.4. The molecule has 0 fully saturated rings. The zero-order valence-corrected chi connectivity index (χ0v) is 13.0. The highest BCUT2D eigenvalue weighted by Crippen LogP contribution is 2.24. The molecule has 1 N–H and O–H groups in total. The minimum atomic E-state index is 0.663. The first-order valence-corrected chi connectivity index (χ1v) is 7.95. The smallest absolute Gasteiger partial charge is 0.0998 e. The van der Waals surface area contributed by atoms with Crippen molar-refractivity contribution in [2.45, 2.75) is 46.1 Å². The lowest BCUT2D eigenvalue weighted by molar-refractivity contribution is 0.551. The highest BCUT2D eigenvalue weighted by atomic mass is 15.1. The summed E-state index contributed by atoms with van der Waals surface area (Å²) in [5.41, 5.74) is 5.10. The monoisotopic (exact) mass is 284 g/mol. The van der Waals surface area contributed by atoms with Crippen LogP contribution in [0.5, 0.6) is 0 Å². The molecule has 1 aliphatic rings. The molecular formula is C17H24N4. The van der Waals surface area contributed by atoms with Crippen molar-refractivity contribution in [3.63, 3.8) is 0 Å². The molecule has 1 aliphatic carbocycles. The van der Waals surface area contributed by atoms with E-state index in [-0.39, 0.29) is 0 Å². The van der Waals surface area contributed by atoms with Crippen molar-refractivity contribution in [3.8, 4) is 5.69 Å². The molecule has 4 heteroatoms. The largest absolute Gasteiger partial charge is 0.312 e. The Kier molecular flexibility index (Phi) is 4.34. The van der Waals surface area contributed by atoms with Gasteiger partial charge in [0, 0.05) is 18.4 Å². The molecule has 2 aromatic heterocycles. The molecule has 0 saturated heterocycles. The summed E-state index contributed by atoms with van der Waals surface area (Å²) >= 11 is 0. The second-order valence-electron chi connectivity index (χ2n) is 6.24. The maximum absolute atomic E-state index is 4.60. The van der Waals surface area contributed by atoms with Crippen LogP contribution < -0.4 is 5.32 Å². The van der Waals surface area contributed by atoms with Gasteiger partial charge in [-0.3, -0.25) is 4.98 Å². The predicted octanol–water partition coefficient (Wildman–Crippen LogP) is 2.89. The number of rotatable bonds is 5. The van der Waals surface area contributed by atoms with Crippen LogP contribution in [0.3, 0.4) is 0 Å². The van der Waals surface area contributed by atoms with Crippen LogP contribution in [0.2, 0.25) is 0 Å². The van der Waals surface area contributed by atoms with Gasteiger partial charge in [-0.15, -0.1) is 0 Å². The van der Waals surface area contributed by atoms with Crippen molar-refractivity contribution in [3.05, 3.63) is 41.7 Å². The Morgan fingerprint density at radius 3 is 3.00 bits per heavy atom. The van der Waals surface area contributed by atoms with Crippen LogP contribution in [0.25, 0.3) is 5.69 Å². The number of pyridine rings is 1. The number of nitrogens with zero attached hydrogens (tertiary/aromatic N) is 3. The Morgan fingerprint density at radius 2 is 2.14 bits per heavy atom. The van der Waals surface area contributed by atoms with E-state index in [1.807, 2.05) is 18.7 Å². The molecule has 2 aromatic rings. The van der Waals surface area contributed by atoms with Crippen molar-refractivity contribution in [2.24, 2.45) is 5.92 Å². The van der Waals surface area contributed by atoms with E-state index >= 15 is 0 Å². The van der Waals surface area contributed by atoms with Gasteiger partial charge in [0.1, 0.15) is 0 Å². The first-order chi connectivity index (χ1) is 10.3. The number of fused-ring (bicyclic) bond motifs is 1. The first kappa shape index (κ1) is 14.3. The second kappa shape index (κ2) is 6.39. The number of hydrogen-bond donors (Lipinski definition) is 1. The summed E-state index contributed by atoms with van der Waals surface area (Å²) in [6.07, 6.45) is 10.6. The van der Waals surface area contributed by atoms with Gasteiger partial charge in [0.05, 0.1) is 23.9 Å². The molecule has 21 heavy (non-hydrogen) atoms. The number of nitrogens with one attached hydrogen (secondary N) is 1. The van der Waals surface area contributed by atoms with E-state index in [1.165, 1.54) is 35.5 Å². The fraction of sp³-hybridized carbons (Fsp3) is 0.529. The van der Waals surface area contributed by atoms with Crippen molar-refractivity contribution in [1.82, 2.24) is 19.9 Å². The Morgan fingerprint density at radius 1 is 1.29 bits per heavy atom. The highest BCUT2D eigenvalue weighted by molar-refractivity contribution is 5.41. The number of hydrogen-bond acceptors (Lipinski definition) is 3. The van der Waals surface area contributed by atoms with Crippen LogP contribution >= 0.6 is 0 Å². The summed E-state index contributed by atoms with van der Waals surface area (Å²) in [5.74, 6) is 0.663. The van der Waals surface area contributed by atoms with Gasteiger partial charge in [-0.2, -0.15) is 0 Å². The lowest BCUT2D eigenvalue weighted by Crippen LogP contribution is -2.20. The molecule has 3 rings (SSSR count). The highest BCUT2D eigenvalue weighted by Gasteiger charge is 2.17. The zero-order valence-electron chi connectivity index (χ0n) is 13.0. The number of aromatic nitrogens is 3. The average molecular weight is 284 g/mol. The van der Waals surface area contributed by atoms with Crippen LogP contribution in [0, 0.1) is 5.92 Å². The first-order valence-electron chi connectivity index (χ1n) is 7.95. The summed E-state index contributed by atoms with van der Waals surface area (Å²) in [6, 6.07) is 2.11. The molecular weight excluding hydrogens is 260 g/mol. The molecule has 0 atom stereocenters. The van der Waals surface area contributed by atoms with Gasteiger partial charge >= 0.3 is 0 Å². The molecule has 0 radical (unpaired) electrons. The van der Waals surface area contributed by atoms with E-state index in [0.29, 0.717) is 5.92 Å². The lowest BCUT2D eigenvalue weighted by Gasteiger charge is -2.17. The van der Waals surface area contributed by atoms with Gasteiger partial charge in [-0.1, -0.05) is 13.8 Å². The third-order valence-electron chi connectivity index (χ3n) is 4.05. The van der Waals surface area contributed by atoms with Gasteiger partial charge in [0.2, 0.25) is 0 Å². The minimum Gasteiger partial charge on any atom is -0.312 e. The van der Waals surface area contributed by atoms with Gasteiger partial charge in [0.25, 0.3) is 0 Å². The molecule has 0 bridgehead atoms. The van der Waals surface area contributed by atoms with Crippen molar-refractivity contribution >= 4 is 0 Å². The fourth-order valence-electron chi connectivity index (χ4n) is 2.95. The van der Waals surface area contributed by atoms with Crippen molar-refractivity contribution in [2.75, 3.05) is 6.54 Å². The van der Waals surface area contributed by atoms with E-state index in [0.717, 1.165) is 25.9 Å². The summed E-state index contributed by atoms with van der Waals surface area (Å²) in [5, 5.41) is 3.52. The van der Waals surface area contributed by atoms with E-state index < -0.39 is 0 Å². The molecule has 0 spiro atoms. The fourth-order valence-corrected chi connectivity index (χ4v) is 2.95. The minimum absolute atomic E-state index is 0.663. The van der Waals surface area contributed by atoms with Crippen LogP contribution in [0.15, 0.2) is 24.8 Å². The third-order valence-corrected chi connectivity index (χ3v) is 4.05. The summed E-state index contributed by atoms with van der Waals surface area (Å²) in [6.45, 7) is 6.37. The van der Waals surface area contributed by atoms with E-state index in [1.54, 1.807) is 0 Å². The second-order valence-corrected chi connectivity index (χ2v) is 6.24. The van der Waals surface area contributed by atoms with E-state index in [2.05, 4.69) is 39.8 Å². The quantitative estimate of drug-likeness (QED) is 0.918. The Hall–Kier alpha value is -1.68.